The number of imidazole rings is 1. The van der Waals surface area contributed by atoms with Crippen molar-refractivity contribution in [1.29, 1.82) is 0 Å². The van der Waals surface area contributed by atoms with E-state index in [0.717, 1.165) is 17.1 Å². The number of hydrogen-bond acceptors (Lipinski definition) is 3. The molecule has 1 heterocycles. The standard InChI is InChI=1S/C14H19N5O/c1-20-8-7-16-14(15)18-10-13-17-9-12(19-13)11-5-3-2-4-6-11/h2-6,9H,7-8,10H2,1H3,(H,17,19)(H3,15,16,18). The van der Waals surface area contributed by atoms with E-state index in [1.807, 2.05) is 30.3 Å². The lowest BCUT2D eigenvalue weighted by Crippen LogP contribution is -2.34. The molecule has 1 aromatic heterocycles. The minimum absolute atomic E-state index is 0.389. The third-order valence-electron chi connectivity index (χ3n) is 2.72. The zero-order chi connectivity index (χ0) is 14.2. The second-order valence-corrected chi connectivity index (χ2v) is 4.23. The van der Waals surface area contributed by atoms with Gasteiger partial charge in [0.1, 0.15) is 12.4 Å². The lowest BCUT2D eigenvalue weighted by Gasteiger charge is -2.03. The number of nitrogens with one attached hydrogen (secondary N) is 2. The van der Waals surface area contributed by atoms with E-state index in [1.165, 1.54) is 0 Å². The first-order valence-electron chi connectivity index (χ1n) is 6.41. The quantitative estimate of drug-likeness (QED) is 0.418. The number of hydrogen-bond donors (Lipinski definition) is 3. The molecule has 0 amide bonds. The van der Waals surface area contributed by atoms with Gasteiger partial charge in [-0.25, -0.2) is 9.98 Å². The van der Waals surface area contributed by atoms with Crippen LogP contribution in [0, 0.1) is 0 Å². The van der Waals surface area contributed by atoms with Crippen molar-refractivity contribution in [3.05, 3.63) is 42.4 Å². The fourth-order valence-corrected chi connectivity index (χ4v) is 1.70. The van der Waals surface area contributed by atoms with Gasteiger partial charge in [-0.05, 0) is 5.56 Å². The van der Waals surface area contributed by atoms with Crippen molar-refractivity contribution in [2.75, 3.05) is 20.3 Å². The lowest BCUT2D eigenvalue weighted by atomic mass is 10.2. The molecule has 0 unspecified atom stereocenters. The number of aliphatic imine (C=N–C) groups is 1. The number of ether oxygens (including phenoxy) is 1. The molecule has 2 aromatic rings. The van der Waals surface area contributed by atoms with Crippen LogP contribution in [0.1, 0.15) is 5.82 Å². The van der Waals surface area contributed by atoms with Crippen LogP contribution < -0.4 is 11.1 Å². The Morgan fingerprint density at radius 2 is 2.20 bits per heavy atom. The molecule has 0 saturated carbocycles. The Balaban J connectivity index is 1.91. The molecule has 4 N–H and O–H groups in total. The van der Waals surface area contributed by atoms with Crippen LogP contribution in [0.25, 0.3) is 11.3 Å². The summed E-state index contributed by atoms with van der Waals surface area (Å²) in [6, 6.07) is 10.0. The van der Waals surface area contributed by atoms with E-state index in [9.17, 15) is 0 Å². The first-order chi connectivity index (χ1) is 9.79. The molecule has 0 aliphatic heterocycles. The van der Waals surface area contributed by atoms with Crippen LogP contribution in [-0.2, 0) is 11.3 Å². The number of nitrogens with zero attached hydrogens (tertiary/aromatic N) is 2. The van der Waals surface area contributed by atoms with Gasteiger partial charge in [0.15, 0.2) is 5.96 Å². The molecule has 0 bridgehead atoms. The monoisotopic (exact) mass is 273 g/mol. The molecular formula is C14H19N5O. The second-order valence-electron chi connectivity index (χ2n) is 4.23. The maximum absolute atomic E-state index is 5.72. The number of methoxy groups -OCH3 is 1. The average Bonchev–Trinajstić information content (AvgIpc) is 2.95. The van der Waals surface area contributed by atoms with Gasteiger partial charge in [-0.2, -0.15) is 0 Å². The summed E-state index contributed by atoms with van der Waals surface area (Å²) in [7, 11) is 1.64. The van der Waals surface area contributed by atoms with Gasteiger partial charge in [0.25, 0.3) is 0 Å². The number of rotatable bonds is 6. The van der Waals surface area contributed by atoms with Crippen LogP contribution in [-0.4, -0.2) is 36.2 Å². The molecule has 106 valence electrons. The third-order valence-corrected chi connectivity index (χ3v) is 2.72. The molecule has 6 nitrogen and oxygen atoms in total. The van der Waals surface area contributed by atoms with Gasteiger partial charge >= 0.3 is 0 Å². The highest BCUT2D eigenvalue weighted by Gasteiger charge is 2.02. The van der Waals surface area contributed by atoms with E-state index in [-0.39, 0.29) is 0 Å². The fraction of sp³-hybridized carbons (Fsp3) is 0.286. The summed E-state index contributed by atoms with van der Waals surface area (Å²) in [4.78, 5) is 11.7. The normalized spacial score (nSPS) is 11.6. The molecule has 0 saturated heterocycles. The van der Waals surface area contributed by atoms with Crippen LogP contribution in [0.3, 0.4) is 0 Å². The van der Waals surface area contributed by atoms with E-state index < -0.39 is 0 Å². The Kier molecular flexibility index (Phi) is 5.14. The van der Waals surface area contributed by atoms with Crippen molar-refractivity contribution in [3.8, 4) is 11.3 Å². The maximum atomic E-state index is 5.72. The van der Waals surface area contributed by atoms with Crippen LogP contribution in [0.5, 0.6) is 0 Å². The van der Waals surface area contributed by atoms with E-state index in [1.54, 1.807) is 13.3 Å². The van der Waals surface area contributed by atoms with Crippen molar-refractivity contribution >= 4 is 5.96 Å². The highest BCUT2D eigenvalue weighted by Crippen LogP contribution is 2.16. The molecule has 2 rings (SSSR count). The molecule has 0 fully saturated rings. The first-order valence-corrected chi connectivity index (χ1v) is 6.41. The Hall–Kier alpha value is -2.34. The fourth-order valence-electron chi connectivity index (χ4n) is 1.70. The summed E-state index contributed by atoms with van der Waals surface area (Å²) in [5.41, 5.74) is 7.79. The maximum Gasteiger partial charge on any atom is 0.189 e. The molecule has 0 atom stereocenters. The molecule has 6 heteroatoms. The zero-order valence-electron chi connectivity index (χ0n) is 11.5. The lowest BCUT2D eigenvalue weighted by molar-refractivity contribution is 0.204. The van der Waals surface area contributed by atoms with Crippen molar-refractivity contribution in [2.45, 2.75) is 6.54 Å². The van der Waals surface area contributed by atoms with Crippen LogP contribution >= 0.6 is 0 Å². The number of aromatic nitrogens is 2. The SMILES string of the molecule is COCCNC(N)=NCc1ncc(-c2ccccc2)[nH]1. The largest absolute Gasteiger partial charge is 0.383 e. The molecule has 0 spiro atoms. The van der Waals surface area contributed by atoms with Crippen molar-refractivity contribution in [3.63, 3.8) is 0 Å². The molecule has 1 aromatic carbocycles. The molecule has 0 radical (unpaired) electrons. The summed E-state index contributed by atoms with van der Waals surface area (Å²) >= 11 is 0. The van der Waals surface area contributed by atoms with Gasteiger partial charge in [-0.3, -0.25) is 0 Å². The van der Waals surface area contributed by atoms with Crippen LogP contribution in [0.15, 0.2) is 41.5 Å². The number of nitrogens with two attached hydrogens (primary N) is 1. The summed E-state index contributed by atoms with van der Waals surface area (Å²) in [6.45, 7) is 1.65. The third kappa shape index (κ3) is 4.10. The van der Waals surface area contributed by atoms with E-state index >= 15 is 0 Å². The molecular weight excluding hydrogens is 254 g/mol. The first kappa shape index (κ1) is 14.1. The summed E-state index contributed by atoms with van der Waals surface area (Å²) in [5.74, 6) is 1.17. The number of aromatic amines is 1. The number of guanidine groups is 1. The highest BCUT2D eigenvalue weighted by atomic mass is 16.5. The minimum atomic E-state index is 0.389. The van der Waals surface area contributed by atoms with Crippen molar-refractivity contribution in [1.82, 2.24) is 15.3 Å². The van der Waals surface area contributed by atoms with Gasteiger partial charge < -0.3 is 20.8 Å². The Morgan fingerprint density at radius 1 is 1.40 bits per heavy atom. The van der Waals surface area contributed by atoms with Gasteiger partial charge in [0, 0.05) is 13.7 Å². The topological polar surface area (TPSA) is 88.3 Å². The average molecular weight is 273 g/mol. The number of benzene rings is 1. The summed E-state index contributed by atoms with van der Waals surface area (Å²) in [6.07, 6.45) is 1.80. The zero-order valence-corrected chi connectivity index (χ0v) is 11.5. The number of H-pyrrole nitrogens is 1. The summed E-state index contributed by atoms with van der Waals surface area (Å²) in [5, 5.41) is 2.95. The van der Waals surface area contributed by atoms with Gasteiger partial charge in [-0.1, -0.05) is 30.3 Å². The Bertz CT molecular complexity index is 550. The van der Waals surface area contributed by atoms with Gasteiger partial charge in [-0.15, -0.1) is 0 Å². The van der Waals surface area contributed by atoms with Crippen molar-refractivity contribution in [2.24, 2.45) is 10.7 Å². The second kappa shape index (κ2) is 7.30. The van der Waals surface area contributed by atoms with Crippen LogP contribution in [0.4, 0.5) is 0 Å². The molecule has 0 aliphatic carbocycles. The Labute approximate surface area is 118 Å². The van der Waals surface area contributed by atoms with E-state index in [2.05, 4.69) is 20.3 Å². The van der Waals surface area contributed by atoms with Gasteiger partial charge in [0.2, 0.25) is 0 Å². The van der Waals surface area contributed by atoms with E-state index in [0.29, 0.717) is 25.7 Å². The molecule has 20 heavy (non-hydrogen) atoms. The Morgan fingerprint density at radius 3 is 2.95 bits per heavy atom. The van der Waals surface area contributed by atoms with Crippen molar-refractivity contribution < 1.29 is 4.74 Å². The predicted molar refractivity (Wildman–Crippen MR) is 79.2 cm³/mol. The molecule has 0 aliphatic rings. The van der Waals surface area contributed by atoms with Gasteiger partial charge in [0.05, 0.1) is 18.5 Å². The van der Waals surface area contributed by atoms with Crippen LogP contribution in [0.2, 0.25) is 0 Å². The highest BCUT2D eigenvalue weighted by molar-refractivity contribution is 5.77. The minimum Gasteiger partial charge on any atom is -0.383 e. The predicted octanol–water partition coefficient (Wildman–Crippen LogP) is 1.13. The summed E-state index contributed by atoms with van der Waals surface area (Å²) < 4.78 is 4.92. The van der Waals surface area contributed by atoms with E-state index in [4.69, 9.17) is 10.5 Å². The smallest absolute Gasteiger partial charge is 0.189 e.